The average Bonchev–Trinajstić information content (AvgIpc) is 3.56. The smallest absolute Gasteiger partial charge is 0.326 e. The monoisotopic (exact) mass is 534 g/mol. The molecule has 1 aromatic heterocycles. The van der Waals surface area contributed by atoms with Crippen LogP contribution in [0.25, 0.3) is 0 Å². The molecule has 0 atom stereocenters. The van der Waals surface area contributed by atoms with Gasteiger partial charge in [0.2, 0.25) is 5.91 Å². The zero-order chi connectivity index (χ0) is 27.0. The van der Waals surface area contributed by atoms with Crippen molar-refractivity contribution >= 4 is 17.8 Å². The number of likely N-dealkylation sites (tertiary alicyclic amines) is 1. The Labute approximate surface area is 229 Å². The molecule has 0 unspecified atom stereocenters. The van der Waals surface area contributed by atoms with E-state index < -0.39 is 0 Å². The number of carbonyl (C=O) groups excluding carboxylic acids is 2. The first-order valence-electron chi connectivity index (χ1n) is 14.1. The summed E-state index contributed by atoms with van der Waals surface area (Å²) in [5.74, 6) is 2.01. The van der Waals surface area contributed by atoms with E-state index in [-0.39, 0.29) is 23.4 Å². The van der Waals surface area contributed by atoms with E-state index in [9.17, 15) is 9.59 Å². The predicted octanol–water partition coefficient (Wildman–Crippen LogP) is 2.29. The highest BCUT2D eigenvalue weighted by atomic mass is 16.5. The Hall–Kier alpha value is -3.21. The number of piperidine rings is 1. The van der Waals surface area contributed by atoms with E-state index in [1.165, 1.54) is 5.56 Å². The molecular weight excluding hydrogens is 496 g/mol. The molecule has 10 nitrogen and oxygen atoms in total. The second kappa shape index (κ2) is 10.7. The van der Waals surface area contributed by atoms with Gasteiger partial charge in [0.05, 0.1) is 38.3 Å². The number of aromatic nitrogens is 1. The van der Waals surface area contributed by atoms with Crippen molar-refractivity contribution in [1.82, 2.24) is 25.6 Å². The van der Waals surface area contributed by atoms with E-state index in [1.54, 1.807) is 7.11 Å². The van der Waals surface area contributed by atoms with E-state index in [2.05, 4.69) is 23.8 Å². The standard InChI is InChI=1S/C29H38N6O4/c1-3-25-24(21-14-30-31-15-21)7-8-26(32-25)34-19-29(9-11-33(12-10-29)27(36)22-17-39-18-22)35(28(34)37)16-20-5-4-6-23(13-20)38-2/h4-8,13,21-22,30-31H,3,9-12,14-19H2,1-2H3. The van der Waals surface area contributed by atoms with Gasteiger partial charge in [-0.15, -0.1) is 0 Å². The molecule has 208 valence electrons. The molecule has 6 rings (SSSR count). The van der Waals surface area contributed by atoms with Gasteiger partial charge in [-0.05, 0) is 48.6 Å². The molecule has 0 saturated carbocycles. The third-order valence-corrected chi connectivity index (χ3v) is 8.82. The van der Waals surface area contributed by atoms with E-state index in [0.29, 0.717) is 51.1 Å². The number of hydrazine groups is 1. The number of pyridine rings is 1. The summed E-state index contributed by atoms with van der Waals surface area (Å²) in [5.41, 5.74) is 9.34. The average molecular weight is 535 g/mol. The molecule has 4 saturated heterocycles. The van der Waals surface area contributed by atoms with Gasteiger partial charge in [-0.25, -0.2) is 9.78 Å². The van der Waals surface area contributed by atoms with Gasteiger partial charge < -0.3 is 19.3 Å². The number of urea groups is 1. The molecule has 39 heavy (non-hydrogen) atoms. The summed E-state index contributed by atoms with van der Waals surface area (Å²) >= 11 is 0. The first kappa shape index (κ1) is 26.0. The lowest BCUT2D eigenvalue weighted by Gasteiger charge is -2.45. The minimum atomic E-state index is -0.376. The number of carbonyl (C=O) groups is 2. The Kier molecular flexibility index (Phi) is 7.18. The maximum atomic E-state index is 14.1. The normalized spacial score (nSPS) is 21.6. The number of ether oxygens (including phenoxy) is 2. The van der Waals surface area contributed by atoms with Gasteiger partial charge >= 0.3 is 6.03 Å². The van der Waals surface area contributed by atoms with Crippen LogP contribution in [0.1, 0.15) is 42.5 Å². The maximum Gasteiger partial charge on any atom is 0.326 e. The lowest BCUT2D eigenvalue weighted by molar-refractivity contribution is -0.152. The van der Waals surface area contributed by atoms with Gasteiger partial charge in [0, 0.05) is 44.3 Å². The summed E-state index contributed by atoms with van der Waals surface area (Å²) in [6.07, 6.45) is 2.27. The van der Waals surface area contributed by atoms with Crippen LogP contribution in [-0.4, -0.2) is 85.3 Å². The van der Waals surface area contributed by atoms with Gasteiger partial charge in [0.25, 0.3) is 0 Å². The Bertz CT molecular complexity index is 1220. The maximum absolute atomic E-state index is 14.1. The van der Waals surface area contributed by atoms with E-state index in [0.717, 1.165) is 49.4 Å². The fourth-order valence-corrected chi connectivity index (χ4v) is 6.36. The summed E-state index contributed by atoms with van der Waals surface area (Å²) < 4.78 is 10.7. The molecule has 3 amide bonds. The van der Waals surface area contributed by atoms with Crippen molar-refractivity contribution in [1.29, 1.82) is 0 Å². The molecule has 1 spiro atoms. The molecule has 4 aliphatic rings. The first-order valence-corrected chi connectivity index (χ1v) is 14.1. The van der Waals surface area contributed by atoms with Crippen molar-refractivity contribution in [3.05, 3.63) is 53.2 Å². The van der Waals surface area contributed by atoms with Gasteiger partial charge in [0.1, 0.15) is 11.6 Å². The number of rotatable bonds is 7. The minimum absolute atomic E-state index is 0.0194. The van der Waals surface area contributed by atoms with Crippen LogP contribution in [0.5, 0.6) is 5.75 Å². The summed E-state index contributed by atoms with van der Waals surface area (Å²) in [7, 11) is 1.65. The fourth-order valence-electron chi connectivity index (χ4n) is 6.36. The summed E-state index contributed by atoms with van der Waals surface area (Å²) in [4.78, 5) is 37.9. The molecule has 0 aliphatic carbocycles. The third kappa shape index (κ3) is 4.85. The van der Waals surface area contributed by atoms with Crippen LogP contribution in [0.2, 0.25) is 0 Å². The first-order chi connectivity index (χ1) is 19.0. The predicted molar refractivity (Wildman–Crippen MR) is 146 cm³/mol. The summed E-state index contributed by atoms with van der Waals surface area (Å²) in [6, 6.07) is 12.0. The van der Waals surface area contributed by atoms with Crippen molar-refractivity contribution in [2.45, 2.75) is 44.2 Å². The lowest BCUT2D eigenvalue weighted by Crippen LogP contribution is -2.57. The number of nitrogens with one attached hydrogen (secondary N) is 2. The van der Waals surface area contributed by atoms with Crippen LogP contribution in [0.4, 0.5) is 10.6 Å². The molecule has 2 aromatic rings. The van der Waals surface area contributed by atoms with E-state index >= 15 is 0 Å². The van der Waals surface area contributed by atoms with Crippen LogP contribution in [-0.2, 0) is 22.5 Å². The molecule has 0 radical (unpaired) electrons. The highest BCUT2D eigenvalue weighted by molar-refractivity contribution is 5.94. The van der Waals surface area contributed by atoms with E-state index in [4.69, 9.17) is 14.5 Å². The van der Waals surface area contributed by atoms with Crippen molar-refractivity contribution in [3.63, 3.8) is 0 Å². The number of hydrogen-bond acceptors (Lipinski definition) is 7. The van der Waals surface area contributed by atoms with Crippen molar-refractivity contribution in [2.75, 3.05) is 57.9 Å². The van der Waals surface area contributed by atoms with Crippen molar-refractivity contribution < 1.29 is 19.1 Å². The second-order valence-electron chi connectivity index (χ2n) is 11.1. The van der Waals surface area contributed by atoms with Crippen molar-refractivity contribution in [2.24, 2.45) is 5.92 Å². The second-order valence-corrected chi connectivity index (χ2v) is 11.1. The van der Waals surface area contributed by atoms with Crippen LogP contribution in [0, 0.1) is 5.92 Å². The van der Waals surface area contributed by atoms with Crippen LogP contribution in [0.15, 0.2) is 36.4 Å². The number of anilines is 1. The van der Waals surface area contributed by atoms with Gasteiger partial charge in [-0.3, -0.25) is 20.5 Å². The number of aryl methyl sites for hydroxylation is 1. The van der Waals surface area contributed by atoms with Crippen LogP contribution >= 0.6 is 0 Å². The Balaban J connectivity index is 1.28. The summed E-state index contributed by atoms with van der Waals surface area (Å²) in [5, 5.41) is 0. The Morgan fingerprint density at radius 2 is 1.92 bits per heavy atom. The zero-order valence-corrected chi connectivity index (χ0v) is 22.8. The molecule has 4 fully saturated rings. The van der Waals surface area contributed by atoms with Gasteiger partial charge in [-0.2, -0.15) is 0 Å². The number of amides is 3. The molecule has 4 aliphatic heterocycles. The quantitative estimate of drug-likeness (QED) is 0.562. The third-order valence-electron chi connectivity index (χ3n) is 8.82. The van der Waals surface area contributed by atoms with Crippen LogP contribution in [0.3, 0.4) is 0 Å². The molecule has 1 aromatic carbocycles. The highest BCUT2D eigenvalue weighted by Crippen LogP contribution is 2.40. The molecular formula is C29H38N6O4. The Morgan fingerprint density at radius 3 is 2.59 bits per heavy atom. The zero-order valence-electron chi connectivity index (χ0n) is 22.8. The highest BCUT2D eigenvalue weighted by Gasteiger charge is 2.52. The number of benzene rings is 1. The SMILES string of the molecule is CCc1nc(N2CC3(CCN(C(=O)C4COC4)CC3)N(Cc3cccc(OC)c3)C2=O)ccc1C1CNNC1. The molecule has 2 N–H and O–H groups in total. The van der Waals surface area contributed by atoms with Gasteiger partial charge in [-0.1, -0.05) is 25.1 Å². The Morgan fingerprint density at radius 1 is 1.15 bits per heavy atom. The minimum Gasteiger partial charge on any atom is -0.497 e. The molecule has 0 bridgehead atoms. The van der Waals surface area contributed by atoms with E-state index in [1.807, 2.05) is 45.0 Å². The molecule has 10 heteroatoms. The van der Waals surface area contributed by atoms with Crippen LogP contribution < -0.4 is 20.5 Å². The topological polar surface area (TPSA) is 99.3 Å². The number of methoxy groups -OCH3 is 1. The number of hydrogen-bond donors (Lipinski definition) is 2. The number of nitrogens with zero attached hydrogens (tertiary/aromatic N) is 4. The summed E-state index contributed by atoms with van der Waals surface area (Å²) in [6.45, 7) is 7.21. The molecule has 5 heterocycles. The van der Waals surface area contributed by atoms with Gasteiger partial charge in [0.15, 0.2) is 0 Å². The fraction of sp³-hybridized carbons (Fsp3) is 0.552. The van der Waals surface area contributed by atoms with Crippen molar-refractivity contribution in [3.8, 4) is 5.75 Å². The lowest BCUT2D eigenvalue weighted by atomic mass is 9.85. The largest absolute Gasteiger partial charge is 0.497 e.